The lowest BCUT2D eigenvalue weighted by Gasteiger charge is -2.07. The van der Waals surface area contributed by atoms with E-state index in [9.17, 15) is 4.39 Å². The number of hydrogen-bond acceptors (Lipinski definition) is 4. The molecule has 78 valence electrons. The standard InChI is InChI=1S/C8H7ClFN5/c9-6-1-5(3-11)8(2-7(6)10)15-4-12-13-14-15/h1-2,4H,3,11H2. The highest BCUT2D eigenvalue weighted by Crippen LogP contribution is 2.22. The second kappa shape index (κ2) is 3.92. The first kappa shape index (κ1) is 10.0. The number of aromatic nitrogens is 4. The SMILES string of the molecule is NCc1cc(Cl)c(F)cc1-n1cnnn1. The second-order valence-corrected chi connectivity index (χ2v) is 3.26. The molecule has 0 fully saturated rings. The van der Waals surface area contributed by atoms with Crippen LogP contribution in [-0.4, -0.2) is 20.2 Å². The van der Waals surface area contributed by atoms with E-state index in [-0.39, 0.29) is 11.6 Å². The van der Waals surface area contributed by atoms with Crippen molar-refractivity contribution in [1.82, 2.24) is 20.2 Å². The smallest absolute Gasteiger partial charge is 0.143 e. The van der Waals surface area contributed by atoms with E-state index in [4.69, 9.17) is 17.3 Å². The molecule has 0 aliphatic carbocycles. The lowest BCUT2D eigenvalue weighted by atomic mass is 10.2. The third kappa shape index (κ3) is 1.81. The summed E-state index contributed by atoms with van der Waals surface area (Å²) in [4.78, 5) is 0. The number of nitrogens with zero attached hydrogens (tertiary/aromatic N) is 4. The van der Waals surface area contributed by atoms with Crippen LogP contribution in [0.5, 0.6) is 0 Å². The summed E-state index contributed by atoms with van der Waals surface area (Å²) in [6, 6.07) is 2.72. The van der Waals surface area contributed by atoms with Gasteiger partial charge in [-0.05, 0) is 22.1 Å². The highest BCUT2D eigenvalue weighted by atomic mass is 35.5. The molecule has 0 aliphatic rings. The topological polar surface area (TPSA) is 69.6 Å². The Labute approximate surface area is 89.6 Å². The molecule has 0 aliphatic heterocycles. The Morgan fingerprint density at radius 3 is 2.87 bits per heavy atom. The first-order chi connectivity index (χ1) is 7.22. The Hall–Kier alpha value is -1.53. The van der Waals surface area contributed by atoms with Gasteiger partial charge in [0.25, 0.3) is 0 Å². The predicted molar refractivity (Wildman–Crippen MR) is 52.0 cm³/mol. The number of nitrogens with two attached hydrogens (primary N) is 1. The maximum atomic E-state index is 13.2. The van der Waals surface area contributed by atoms with Crippen LogP contribution in [0.15, 0.2) is 18.5 Å². The molecule has 0 unspecified atom stereocenters. The highest BCUT2D eigenvalue weighted by Gasteiger charge is 2.09. The average Bonchev–Trinajstić information content (AvgIpc) is 2.74. The number of hydrogen-bond donors (Lipinski definition) is 1. The van der Waals surface area contributed by atoms with Crippen molar-refractivity contribution in [2.45, 2.75) is 6.54 Å². The molecule has 0 atom stereocenters. The molecule has 2 aromatic rings. The number of tetrazole rings is 1. The van der Waals surface area contributed by atoms with E-state index >= 15 is 0 Å². The first-order valence-corrected chi connectivity index (χ1v) is 4.51. The normalized spacial score (nSPS) is 10.6. The summed E-state index contributed by atoms with van der Waals surface area (Å²) in [5.74, 6) is -0.528. The number of rotatable bonds is 2. The Morgan fingerprint density at radius 1 is 1.47 bits per heavy atom. The summed E-state index contributed by atoms with van der Waals surface area (Å²) in [6.45, 7) is 0.231. The van der Waals surface area contributed by atoms with Crippen molar-refractivity contribution < 1.29 is 4.39 Å². The molecule has 7 heteroatoms. The predicted octanol–water partition coefficient (Wildman–Crippen LogP) is 0.913. The van der Waals surface area contributed by atoms with E-state index in [1.165, 1.54) is 23.1 Å². The third-order valence-electron chi connectivity index (χ3n) is 1.94. The van der Waals surface area contributed by atoms with Gasteiger partial charge in [-0.25, -0.2) is 9.07 Å². The first-order valence-electron chi connectivity index (χ1n) is 4.13. The quantitative estimate of drug-likeness (QED) is 0.828. The molecular weight excluding hydrogens is 221 g/mol. The van der Waals surface area contributed by atoms with Gasteiger partial charge in [-0.3, -0.25) is 0 Å². The maximum absolute atomic E-state index is 13.2. The minimum absolute atomic E-state index is 0.0345. The van der Waals surface area contributed by atoms with Crippen LogP contribution in [0.1, 0.15) is 5.56 Å². The van der Waals surface area contributed by atoms with Gasteiger partial charge >= 0.3 is 0 Å². The van der Waals surface area contributed by atoms with Crippen molar-refractivity contribution in [3.05, 3.63) is 34.9 Å². The molecule has 15 heavy (non-hydrogen) atoms. The minimum Gasteiger partial charge on any atom is -0.326 e. The molecule has 0 bridgehead atoms. The molecule has 2 rings (SSSR count). The van der Waals surface area contributed by atoms with Crippen LogP contribution in [0.4, 0.5) is 4.39 Å². The van der Waals surface area contributed by atoms with Gasteiger partial charge in [-0.2, -0.15) is 0 Å². The Kier molecular flexibility index (Phi) is 2.61. The fourth-order valence-electron chi connectivity index (χ4n) is 1.23. The van der Waals surface area contributed by atoms with Crippen LogP contribution < -0.4 is 5.73 Å². The minimum atomic E-state index is -0.528. The van der Waals surface area contributed by atoms with Crippen molar-refractivity contribution in [1.29, 1.82) is 0 Å². The van der Waals surface area contributed by atoms with Crippen molar-refractivity contribution in [2.75, 3.05) is 0 Å². The monoisotopic (exact) mass is 227 g/mol. The molecule has 0 spiro atoms. The lowest BCUT2D eigenvalue weighted by Crippen LogP contribution is -2.06. The summed E-state index contributed by atoms with van der Waals surface area (Å²) in [6.07, 6.45) is 1.36. The van der Waals surface area contributed by atoms with E-state index in [2.05, 4.69) is 15.5 Å². The Morgan fingerprint density at radius 2 is 2.27 bits per heavy atom. The molecule has 2 N–H and O–H groups in total. The number of halogens is 2. The molecule has 0 saturated carbocycles. The maximum Gasteiger partial charge on any atom is 0.143 e. The van der Waals surface area contributed by atoms with Gasteiger partial charge < -0.3 is 5.73 Å². The second-order valence-electron chi connectivity index (χ2n) is 2.85. The molecule has 1 heterocycles. The van der Waals surface area contributed by atoms with E-state index in [1.807, 2.05) is 0 Å². The zero-order valence-corrected chi connectivity index (χ0v) is 8.32. The van der Waals surface area contributed by atoms with Gasteiger partial charge in [0.2, 0.25) is 0 Å². The van der Waals surface area contributed by atoms with Gasteiger partial charge in [0, 0.05) is 12.6 Å². The molecular formula is C8H7ClFN5. The lowest BCUT2D eigenvalue weighted by molar-refractivity contribution is 0.623. The molecule has 0 amide bonds. The summed E-state index contributed by atoms with van der Waals surface area (Å²) >= 11 is 5.63. The average molecular weight is 228 g/mol. The highest BCUT2D eigenvalue weighted by molar-refractivity contribution is 6.30. The van der Waals surface area contributed by atoms with Gasteiger partial charge in [0.1, 0.15) is 12.1 Å². The Bertz CT molecular complexity index is 470. The van der Waals surface area contributed by atoms with Crippen LogP contribution in [0, 0.1) is 5.82 Å². The zero-order chi connectivity index (χ0) is 10.8. The van der Waals surface area contributed by atoms with Gasteiger partial charge in [0.05, 0.1) is 10.7 Å². The van der Waals surface area contributed by atoms with E-state index in [1.54, 1.807) is 0 Å². The van der Waals surface area contributed by atoms with E-state index < -0.39 is 5.82 Å². The molecule has 0 saturated heterocycles. The largest absolute Gasteiger partial charge is 0.326 e. The van der Waals surface area contributed by atoms with Crippen LogP contribution in [-0.2, 0) is 6.54 Å². The van der Waals surface area contributed by atoms with Gasteiger partial charge in [-0.15, -0.1) is 5.10 Å². The molecule has 5 nitrogen and oxygen atoms in total. The van der Waals surface area contributed by atoms with Crippen LogP contribution in [0.25, 0.3) is 5.69 Å². The van der Waals surface area contributed by atoms with Crippen LogP contribution in [0.3, 0.4) is 0 Å². The van der Waals surface area contributed by atoms with Crippen molar-refractivity contribution in [2.24, 2.45) is 5.73 Å². The summed E-state index contributed by atoms with van der Waals surface area (Å²) in [5, 5.41) is 10.6. The van der Waals surface area contributed by atoms with Crippen molar-refractivity contribution >= 4 is 11.6 Å². The summed E-state index contributed by atoms with van der Waals surface area (Å²) in [5.41, 5.74) is 6.68. The van der Waals surface area contributed by atoms with Crippen LogP contribution in [0.2, 0.25) is 5.02 Å². The molecule has 1 aromatic heterocycles. The molecule has 0 radical (unpaired) electrons. The fourth-order valence-corrected chi connectivity index (χ4v) is 1.41. The summed E-state index contributed by atoms with van der Waals surface area (Å²) in [7, 11) is 0. The fraction of sp³-hybridized carbons (Fsp3) is 0.125. The van der Waals surface area contributed by atoms with E-state index in [0.717, 1.165) is 0 Å². The van der Waals surface area contributed by atoms with Crippen molar-refractivity contribution in [3.8, 4) is 5.69 Å². The Balaban J connectivity index is 2.60. The summed E-state index contributed by atoms with van der Waals surface area (Å²) < 4.78 is 14.6. The van der Waals surface area contributed by atoms with Crippen molar-refractivity contribution in [3.63, 3.8) is 0 Å². The van der Waals surface area contributed by atoms with Crippen LogP contribution >= 0.6 is 11.6 Å². The van der Waals surface area contributed by atoms with E-state index in [0.29, 0.717) is 11.3 Å². The molecule has 1 aromatic carbocycles. The third-order valence-corrected chi connectivity index (χ3v) is 2.23. The number of benzene rings is 1. The zero-order valence-electron chi connectivity index (χ0n) is 7.56. The van der Waals surface area contributed by atoms with Gasteiger partial charge in [0.15, 0.2) is 0 Å². The van der Waals surface area contributed by atoms with Gasteiger partial charge in [-0.1, -0.05) is 11.6 Å².